The van der Waals surface area contributed by atoms with Crippen molar-refractivity contribution < 1.29 is 13.2 Å². The molecule has 1 aliphatic rings. The molecule has 1 saturated heterocycles. The molecule has 0 aliphatic carbocycles. The molecule has 2 rings (SSSR count). The van der Waals surface area contributed by atoms with Gasteiger partial charge in [-0.25, -0.2) is 0 Å². The highest BCUT2D eigenvalue weighted by Gasteiger charge is 2.32. The second kappa shape index (κ2) is 6.63. The maximum atomic E-state index is 12.3. The van der Waals surface area contributed by atoms with E-state index in [0.29, 0.717) is 36.0 Å². The summed E-state index contributed by atoms with van der Waals surface area (Å²) >= 11 is 12.2. The molecule has 1 N–H and O–H groups in total. The van der Waals surface area contributed by atoms with E-state index in [1.807, 2.05) is 6.92 Å². The number of likely N-dealkylation sites (tertiary alicyclic amines) is 1. The van der Waals surface area contributed by atoms with E-state index in [1.54, 1.807) is 12.1 Å². The number of piperidine rings is 1. The Labute approximate surface area is 132 Å². The van der Waals surface area contributed by atoms with Gasteiger partial charge in [0.15, 0.2) is 0 Å². The van der Waals surface area contributed by atoms with Crippen molar-refractivity contribution in [2.75, 3.05) is 25.0 Å². The molecular formula is C14H17Cl2F3N2. The Morgan fingerprint density at radius 2 is 1.81 bits per heavy atom. The number of aryl methyl sites for hydroxylation is 1. The van der Waals surface area contributed by atoms with Gasteiger partial charge in [0.05, 0.1) is 17.3 Å². The van der Waals surface area contributed by atoms with Crippen LogP contribution in [0.1, 0.15) is 18.4 Å². The van der Waals surface area contributed by atoms with Crippen LogP contribution in [0, 0.1) is 6.92 Å². The van der Waals surface area contributed by atoms with Crippen LogP contribution in [-0.2, 0) is 0 Å². The maximum absolute atomic E-state index is 12.3. The monoisotopic (exact) mass is 340 g/mol. The molecule has 2 nitrogen and oxygen atoms in total. The van der Waals surface area contributed by atoms with Gasteiger partial charge in [0.25, 0.3) is 0 Å². The Morgan fingerprint density at radius 1 is 1.19 bits per heavy atom. The molecule has 118 valence electrons. The number of nitrogens with zero attached hydrogens (tertiary/aromatic N) is 1. The van der Waals surface area contributed by atoms with Gasteiger partial charge in [0.1, 0.15) is 0 Å². The number of halogens is 5. The molecule has 0 atom stereocenters. The topological polar surface area (TPSA) is 15.3 Å². The lowest BCUT2D eigenvalue weighted by atomic mass is 10.0. The first-order valence-electron chi connectivity index (χ1n) is 6.76. The zero-order valence-electron chi connectivity index (χ0n) is 11.6. The SMILES string of the molecule is Cc1cc(Cl)c(NC2CCN(CC(F)(F)F)CC2)cc1Cl. The molecular weight excluding hydrogens is 324 g/mol. The Balaban J connectivity index is 1.91. The van der Waals surface area contributed by atoms with E-state index in [4.69, 9.17) is 23.2 Å². The highest BCUT2D eigenvalue weighted by Crippen LogP contribution is 2.30. The van der Waals surface area contributed by atoms with E-state index < -0.39 is 12.7 Å². The van der Waals surface area contributed by atoms with Crippen molar-refractivity contribution in [3.8, 4) is 0 Å². The minimum absolute atomic E-state index is 0.116. The summed E-state index contributed by atoms with van der Waals surface area (Å²) in [6, 6.07) is 3.66. The number of hydrogen-bond acceptors (Lipinski definition) is 2. The van der Waals surface area contributed by atoms with Gasteiger partial charge < -0.3 is 5.32 Å². The quantitative estimate of drug-likeness (QED) is 0.854. The van der Waals surface area contributed by atoms with Crippen LogP contribution in [-0.4, -0.2) is 36.8 Å². The molecule has 1 aromatic carbocycles. The Bertz CT molecular complexity index is 498. The zero-order chi connectivity index (χ0) is 15.6. The second-order valence-electron chi connectivity index (χ2n) is 5.39. The molecule has 1 aliphatic heterocycles. The van der Waals surface area contributed by atoms with Crippen molar-refractivity contribution in [3.05, 3.63) is 27.7 Å². The summed E-state index contributed by atoms with van der Waals surface area (Å²) in [4.78, 5) is 1.43. The van der Waals surface area contributed by atoms with E-state index in [1.165, 1.54) is 4.90 Å². The third kappa shape index (κ3) is 4.94. The van der Waals surface area contributed by atoms with Gasteiger partial charge in [0, 0.05) is 24.2 Å². The first-order valence-corrected chi connectivity index (χ1v) is 7.51. The summed E-state index contributed by atoms with van der Waals surface area (Å²) in [7, 11) is 0. The molecule has 1 heterocycles. The molecule has 0 radical (unpaired) electrons. The average Bonchev–Trinajstić information content (AvgIpc) is 2.36. The number of rotatable bonds is 3. The van der Waals surface area contributed by atoms with Crippen molar-refractivity contribution in [3.63, 3.8) is 0 Å². The summed E-state index contributed by atoms with van der Waals surface area (Å²) in [6.45, 7) is 1.88. The largest absolute Gasteiger partial charge is 0.401 e. The van der Waals surface area contributed by atoms with E-state index in [-0.39, 0.29) is 6.04 Å². The summed E-state index contributed by atoms with van der Waals surface area (Å²) in [5, 5.41) is 4.48. The highest BCUT2D eigenvalue weighted by molar-refractivity contribution is 6.35. The molecule has 0 saturated carbocycles. The molecule has 7 heteroatoms. The fraction of sp³-hybridized carbons (Fsp3) is 0.571. The van der Waals surface area contributed by atoms with Crippen LogP contribution in [0.5, 0.6) is 0 Å². The third-order valence-corrected chi connectivity index (χ3v) is 4.32. The number of hydrogen-bond donors (Lipinski definition) is 1. The normalized spacial score (nSPS) is 18.0. The molecule has 0 spiro atoms. The molecule has 1 aromatic rings. The Morgan fingerprint density at radius 3 is 2.38 bits per heavy atom. The van der Waals surface area contributed by atoms with Gasteiger partial charge in [-0.05, 0) is 37.5 Å². The second-order valence-corrected chi connectivity index (χ2v) is 6.21. The minimum atomic E-state index is -4.13. The van der Waals surface area contributed by atoms with E-state index in [2.05, 4.69) is 5.32 Å². The summed E-state index contributed by atoms with van der Waals surface area (Å²) in [5.41, 5.74) is 1.63. The number of benzene rings is 1. The Hall–Kier alpha value is -0.650. The van der Waals surface area contributed by atoms with Gasteiger partial charge in [-0.2, -0.15) is 13.2 Å². The molecule has 0 unspecified atom stereocenters. The van der Waals surface area contributed by atoms with E-state index >= 15 is 0 Å². The molecule has 1 fully saturated rings. The van der Waals surface area contributed by atoms with Crippen LogP contribution in [0.2, 0.25) is 10.0 Å². The lowest BCUT2D eigenvalue weighted by Crippen LogP contribution is -2.43. The van der Waals surface area contributed by atoms with Crippen molar-refractivity contribution in [2.24, 2.45) is 0 Å². The van der Waals surface area contributed by atoms with Gasteiger partial charge in [0.2, 0.25) is 0 Å². The maximum Gasteiger partial charge on any atom is 0.401 e. The first-order chi connectivity index (χ1) is 9.74. The molecule has 21 heavy (non-hydrogen) atoms. The van der Waals surface area contributed by atoms with E-state index in [9.17, 15) is 13.2 Å². The van der Waals surface area contributed by atoms with Gasteiger partial charge in [-0.1, -0.05) is 23.2 Å². The zero-order valence-corrected chi connectivity index (χ0v) is 13.1. The minimum Gasteiger partial charge on any atom is -0.381 e. The van der Waals surface area contributed by atoms with Gasteiger partial charge in [-0.15, -0.1) is 0 Å². The van der Waals surface area contributed by atoms with Crippen LogP contribution in [0.25, 0.3) is 0 Å². The average molecular weight is 341 g/mol. The van der Waals surface area contributed by atoms with Crippen LogP contribution in [0.3, 0.4) is 0 Å². The number of alkyl halides is 3. The van der Waals surface area contributed by atoms with Crippen molar-refractivity contribution in [1.82, 2.24) is 4.90 Å². The predicted octanol–water partition coefficient (Wildman–Crippen LogP) is 4.74. The summed E-state index contributed by atoms with van der Waals surface area (Å²) < 4.78 is 37.0. The van der Waals surface area contributed by atoms with Crippen molar-refractivity contribution in [1.29, 1.82) is 0 Å². The number of anilines is 1. The van der Waals surface area contributed by atoms with Crippen LogP contribution < -0.4 is 5.32 Å². The van der Waals surface area contributed by atoms with E-state index in [0.717, 1.165) is 11.3 Å². The number of nitrogens with one attached hydrogen (secondary N) is 1. The summed E-state index contributed by atoms with van der Waals surface area (Å²) in [5.74, 6) is 0. The van der Waals surface area contributed by atoms with Gasteiger partial charge >= 0.3 is 6.18 Å². The lowest BCUT2D eigenvalue weighted by molar-refractivity contribution is -0.147. The standard InChI is InChI=1S/C14H17Cl2F3N2/c1-9-6-12(16)13(7-11(9)15)20-10-2-4-21(5-3-10)8-14(17,18)19/h6-7,10,20H,2-5,8H2,1H3. The molecule has 0 aromatic heterocycles. The Kier molecular flexibility index (Phi) is 5.28. The predicted molar refractivity (Wildman–Crippen MR) is 80.3 cm³/mol. The fourth-order valence-electron chi connectivity index (χ4n) is 2.47. The lowest BCUT2D eigenvalue weighted by Gasteiger charge is -2.33. The van der Waals surface area contributed by atoms with Crippen LogP contribution >= 0.6 is 23.2 Å². The van der Waals surface area contributed by atoms with Crippen molar-refractivity contribution in [2.45, 2.75) is 32.0 Å². The van der Waals surface area contributed by atoms with Gasteiger partial charge in [-0.3, -0.25) is 4.90 Å². The van der Waals surface area contributed by atoms with Crippen LogP contribution in [0.15, 0.2) is 12.1 Å². The van der Waals surface area contributed by atoms with Crippen molar-refractivity contribution >= 4 is 28.9 Å². The fourth-order valence-corrected chi connectivity index (χ4v) is 2.90. The third-order valence-electron chi connectivity index (χ3n) is 3.60. The smallest absolute Gasteiger partial charge is 0.381 e. The first kappa shape index (κ1) is 16.7. The molecule has 0 bridgehead atoms. The highest BCUT2D eigenvalue weighted by atomic mass is 35.5. The summed E-state index contributed by atoms with van der Waals surface area (Å²) in [6.07, 6.45) is -2.83. The molecule has 0 amide bonds. The van der Waals surface area contributed by atoms with Crippen LogP contribution in [0.4, 0.5) is 18.9 Å².